The molecule has 1 heterocycles. The molecule has 0 aliphatic carbocycles. The van der Waals surface area contributed by atoms with Crippen LogP contribution in [0.1, 0.15) is 60.5 Å². The number of H-pyrrole nitrogens is 1. The molecule has 0 atom stereocenters. The van der Waals surface area contributed by atoms with Crippen molar-refractivity contribution in [3.05, 3.63) is 65.4 Å². The second-order valence-corrected chi connectivity index (χ2v) is 8.88. The van der Waals surface area contributed by atoms with E-state index in [9.17, 15) is 19.5 Å². The maximum atomic E-state index is 13.6. The number of fused-ring (bicyclic) bond motifs is 1. The first-order chi connectivity index (χ1) is 16.7. The summed E-state index contributed by atoms with van der Waals surface area (Å²) in [6.45, 7) is 8.22. The van der Waals surface area contributed by atoms with Crippen molar-refractivity contribution in [3.63, 3.8) is 0 Å². The zero-order valence-electron chi connectivity index (χ0n) is 20.6. The summed E-state index contributed by atoms with van der Waals surface area (Å²) in [5.74, 6) is -1.18. The van der Waals surface area contributed by atoms with Crippen LogP contribution in [-0.4, -0.2) is 58.0 Å². The van der Waals surface area contributed by atoms with Crippen molar-refractivity contribution in [2.45, 2.75) is 46.2 Å². The molecule has 3 aromatic rings. The number of rotatable bonds is 11. The molecule has 0 radical (unpaired) electrons. The van der Waals surface area contributed by atoms with Crippen molar-refractivity contribution >= 4 is 28.6 Å². The van der Waals surface area contributed by atoms with Gasteiger partial charge in [-0.3, -0.25) is 14.5 Å². The van der Waals surface area contributed by atoms with E-state index in [1.54, 1.807) is 19.9 Å². The number of carbonyl (C=O) groups is 3. The molecular formula is C27H32N2O6. The number of hydrogen-bond donors (Lipinski definition) is 2. The molecule has 0 saturated heterocycles. The summed E-state index contributed by atoms with van der Waals surface area (Å²) in [6.07, 6.45) is 0.114. The molecule has 0 unspecified atom stereocenters. The predicted molar refractivity (Wildman–Crippen MR) is 132 cm³/mol. The normalized spacial score (nSPS) is 11.6. The van der Waals surface area contributed by atoms with Gasteiger partial charge in [0.2, 0.25) is 0 Å². The molecular weight excluding hydrogens is 448 g/mol. The van der Waals surface area contributed by atoms with Gasteiger partial charge >= 0.3 is 11.9 Å². The lowest BCUT2D eigenvalue weighted by atomic mass is 9.95. The molecule has 0 aliphatic rings. The number of aromatic hydroxyl groups is 1. The molecule has 8 heteroatoms. The third-order valence-electron chi connectivity index (χ3n) is 5.86. The second-order valence-electron chi connectivity index (χ2n) is 8.88. The maximum Gasteiger partial charge on any atom is 0.354 e. The lowest BCUT2D eigenvalue weighted by Crippen LogP contribution is -2.47. The predicted octanol–water partition coefficient (Wildman–Crippen LogP) is 4.47. The highest BCUT2D eigenvalue weighted by Gasteiger charge is 2.32. The van der Waals surface area contributed by atoms with Gasteiger partial charge in [-0.25, -0.2) is 4.79 Å². The van der Waals surface area contributed by atoms with E-state index in [1.807, 2.05) is 49.1 Å². The van der Waals surface area contributed by atoms with Crippen molar-refractivity contribution in [2.24, 2.45) is 0 Å². The molecule has 0 amide bonds. The van der Waals surface area contributed by atoms with Crippen LogP contribution in [0.5, 0.6) is 5.75 Å². The average Bonchev–Trinajstić information content (AvgIpc) is 3.26. The number of phenols is 1. The average molecular weight is 481 g/mol. The van der Waals surface area contributed by atoms with Gasteiger partial charge in [-0.15, -0.1) is 0 Å². The van der Waals surface area contributed by atoms with Crippen LogP contribution in [0.25, 0.3) is 10.9 Å². The first-order valence-corrected chi connectivity index (χ1v) is 11.7. The third-order valence-corrected chi connectivity index (χ3v) is 5.86. The highest BCUT2D eigenvalue weighted by atomic mass is 16.5. The van der Waals surface area contributed by atoms with E-state index in [2.05, 4.69) is 4.98 Å². The fraction of sp³-hybridized carbons (Fsp3) is 0.370. The van der Waals surface area contributed by atoms with Crippen LogP contribution in [0.15, 0.2) is 48.5 Å². The fourth-order valence-corrected chi connectivity index (χ4v) is 3.99. The minimum absolute atomic E-state index is 0.0150. The highest BCUT2D eigenvalue weighted by Crippen LogP contribution is 2.30. The molecule has 8 nitrogen and oxygen atoms in total. The van der Waals surface area contributed by atoms with Crippen molar-refractivity contribution in [1.29, 1.82) is 0 Å². The molecule has 0 saturated carbocycles. The number of ether oxygens (including phenoxy) is 2. The highest BCUT2D eigenvalue weighted by molar-refractivity contribution is 6.11. The SMILES string of the molecule is CCOC(=O)CC(C)(C)N(CC(=O)c1ccc(O)c2[nH]c(C(=O)OCC)cc12)Cc1ccccc1. The lowest BCUT2D eigenvalue weighted by molar-refractivity contribution is -0.146. The van der Waals surface area contributed by atoms with E-state index in [1.165, 1.54) is 12.1 Å². The lowest BCUT2D eigenvalue weighted by Gasteiger charge is -2.37. The summed E-state index contributed by atoms with van der Waals surface area (Å²) in [6, 6.07) is 14.2. The largest absolute Gasteiger partial charge is 0.506 e. The Labute approximate surface area is 204 Å². The van der Waals surface area contributed by atoms with E-state index < -0.39 is 11.5 Å². The first kappa shape index (κ1) is 26.0. The van der Waals surface area contributed by atoms with Gasteiger partial charge in [-0.1, -0.05) is 30.3 Å². The number of Topliss-reactive ketones (excluding diaryl/α,β-unsaturated/α-hetero) is 1. The summed E-state index contributed by atoms with van der Waals surface area (Å²) in [5.41, 5.74) is 1.12. The Morgan fingerprint density at radius 1 is 1.00 bits per heavy atom. The monoisotopic (exact) mass is 480 g/mol. The minimum Gasteiger partial charge on any atom is -0.506 e. The summed E-state index contributed by atoms with van der Waals surface area (Å²) in [5, 5.41) is 10.7. The van der Waals surface area contributed by atoms with Crippen LogP contribution in [0, 0.1) is 0 Å². The van der Waals surface area contributed by atoms with Crippen molar-refractivity contribution in [3.8, 4) is 5.75 Å². The summed E-state index contributed by atoms with van der Waals surface area (Å²) < 4.78 is 10.2. The van der Waals surface area contributed by atoms with Crippen molar-refractivity contribution < 1.29 is 29.0 Å². The Bertz CT molecular complexity index is 1200. The number of nitrogens with one attached hydrogen (secondary N) is 1. The van der Waals surface area contributed by atoms with Crippen molar-refractivity contribution in [1.82, 2.24) is 9.88 Å². The minimum atomic E-state index is -0.679. The van der Waals surface area contributed by atoms with E-state index in [4.69, 9.17) is 9.47 Å². The maximum absolute atomic E-state index is 13.6. The molecule has 2 aromatic carbocycles. The molecule has 3 rings (SSSR count). The van der Waals surface area contributed by atoms with Gasteiger partial charge in [0.15, 0.2) is 5.78 Å². The van der Waals surface area contributed by atoms with E-state index in [0.717, 1.165) is 5.56 Å². The third kappa shape index (κ3) is 6.27. The number of ketones is 1. The van der Waals surface area contributed by atoms with Crippen LogP contribution >= 0.6 is 0 Å². The van der Waals surface area contributed by atoms with Gasteiger partial charge in [0, 0.05) is 23.0 Å². The van der Waals surface area contributed by atoms with Gasteiger partial charge in [0.05, 0.1) is 31.7 Å². The molecule has 186 valence electrons. The number of phenolic OH excluding ortho intramolecular Hbond substituents is 1. The second kappa shape index (κ2) is 11.2. The van der Waals surface area contributed by atoms with Crippen LogP contribution in [-0.2, 0) is 20.8 Å². The Hall–Kier alpha value is -3.65. The number of aromatic amines is 1. The Balaban J connectivity index is 1.95. The molecule has 0 aliphatic heterocycles. The smallest absolute Gasteiger partial charge is 0.354 e. The Morgan fingerprint density at radius 2 is 1.69 bits per heavy atom. The number of hydrogen-bond acceptors (Lipinski definition) is 7. The van der Waals surface area contributed by atoms with Crippen molar-refractivity contribution in [2.75, 3.05) is 19.8 Å². The van der Waals surface area contributed by atoms with Crippen LogP contribution in [0.4, 0.5) is 0 Å². The quantitative estimate of drug-likeness (QED) is 0.308. The molecule has 35 heavy (non-hydrogen) atoms. The van der Waals surface area contributed by atoms with Gasteiger partial charge in [0.1, 0.15) is 11.4 Å². The number of aromatic nitrogens is 1. The number of benzene rings is 2. The van der Waals surface area contributed by atoms with E-state index >= 15 is 0 Å². The Morgan fingerprint density at radius 3 is 2.34 bits per heavy atom. The summed E-state index contributed by atoms with van der Waals surface area (Å²) >= 11 is 0. The zero-order chi connectivity index (χ0) is 25.6. The summed E-state index contributed by atoms with van der Waals surface area (Å²) in [4.78, 5) is 42.9. The number of carbonyl (C=O) groups excluding carboxylic acids is 3. The number of nitrogens with zero attached hydrogens (tertiary/aromatic N) is 1. The standard InChI is InChI=1S/C27H32N2O6/c1-5-34-24(32)15-27(3,4)29(16-18-10-8-7-9-11-18)17-23(31)19-12-13-22(30)25-20(19)14-21(28-25)26(33)35-6-2/h7-14,28,30H,5-6,15-17H2,1-4H3. The first-order valence-electron chi connectivity index (χ1n) is 11.7. The van der Waals surface area contributed by atoms with Crippen LogP contribution < -0.4 is 0 Å². The molecule has 1 aromatic heterocycles. The zero-order valence-corrected chi connectivity index (χ0v) is 20.6. The van der Waals surface area contributed by atoms with Crippen LogP contribution in [0.2, 0.25) is 0 Å². The Kier molecular flexibility index (Phi) is 8.30. The molecule has 2 N–H and O–H groups in total. The van der Waals surface area contributed by atoms with Gasteiger partial charge < -0.3 is 19.6 Å². The molecule has 0 bridgehead atoms. The fourth-order valence-electron chi connectivity index (χ4n) is 3.99. The van der Waals surface area contributed by atoms with Gasteiger partial charge in [-0.05, 0) is 51.5 Å². The molecule has 0 fully saturated rings. The van der Waals surface area contributed by atoms with Gasteiger partial charge in [-0.2, -0.15) is 0 Å². The van der Waals surface area contributed by atoms with Gasteiger partial charge in [0.25, 0.3) is 0 Å². The summed E-state index contributed by atoms with van der Waals surface area (Å²) in [7, 11) is 0. The van der Waals surface area contributed by atoms with E-state index in [-0.39, 0.29) is 49.4 Å². The topological polar surface area (TPSA) is 109 Å². The van der Waals surface area contributed by atoms with Crippen LogP contribution in [0.3, 0.4) is 0 Å². The number of esters is 2. The van der Waals surface area contributed by atoms with E-state index in [0.29, 0.717) is 23.0 Å². The molecule has 0 spiro atoms.